The van der Waals surface area contributed by atoms with Crippen molar-refractivity contribution in [3.8, 4) is 0 Å². The van der Waals surface area contributed by atoms with Gasteiger partial charge in [-0.05, 0) is 39.0 Å². The van der Waals surface area contributed by atoms with Crippen LogP contribution in [-0.2, 0) is 4.79 Å². The van der Waals surface area contributed by atoms with E-state index < -0.39 is 0 Å². The van der Waals surface area contributed by atoms with Crippen molar-refractivity contribution in [1.29, 1.82) is 0 Å². The number of amides is 1. The van der Waals surface area contributed by atoms with Crippen LogP contribution in [0, 0.1) is 16.2 Å². The first-order valence-corrected chi connectivity index (χ1v) is 9.43. The zero-order chi connectivity index (χ0) is 14.9. The van der Waals surface area contributed by atoms with E-state index in [1.54, 1.807) is 0 Å². The van der Waals surface area contributed by atoms with E-state index in [0.29, 0.717) is 0 Å². The third-order valence-corrected chi connectivity index (χ3v) is 8.61. The van der Waals surface area contributed by atoms with Crippen LogP contribution in [0.1, 0.15) is 47.5 Å². The number of hydrogen-bond donors (Lipinski definition) is 1. The minimum Gasteiger partial charge on any atom is -0.351 e. The first-order valence-electron chi connectivity index (χ1n) is 6.68. The predicted octanol–water partition coefficient (Wildman–Crippen LogP) is 4.59. The number of alkyl halides is 3. The number of nitrogens with one attached hydrogen (secondary N) is 1. The van der Waals surface area contributed by atoms with Crippen molar-refractivity contribution in [1.82, 2.24) is 5.32 Å². The molecule has 2 bridgehead atoms. The lowest BCUT2D eigenvalue weighted by atomic mass is 9.43. The number of carbonyl (C=O) groups excluding carboxylic acids is 1. The predicted molar refractivity (Wildman–Crippen MR) is 90.1 cm³/mol. The summed E-state index contributed by atoms with van der Waals surface area (Å²) in [7, 11) is 0. The Bertz CT molecular complexity index is 415. The van der Waals surface area contributed by atoms with E-state index in [1.165, 1.54) is 0 Å². The monoisotopic (exact) mass is 457 g/mol. The lowest BCUT2D eigenvalue weighted by Gasteiger charge is -2.66. The third kappa shape index (κ3) is 1.79. The zero-order valence-corrected chi connectivity index (χ0v) is 16.9. The van der Waals surface area contributed by atoms with Crippen LogP contribution in [0.15, 0.2) is 0 Å². The fraction of sp³-hybridized carbons (Fsp3) is 0.929. The topological polar surface area (TPSA) is 29.1 Å². The summed E-state index contributed by atoms with van der Waals surface area (Å²) in [6, 6.07) is 0. The minimum atomic E-state index is -0.292. The molecule has 3 rings (SSSR count). The van der Waals surface area contributed by atoms with E-state index >= 15 is 0 Å². The van der Waals surface area contributed by atoms with Crippen molar-refractivity contribution in [2.45, 2.75) is 61.6 Å². The van der Waals surface area contributed by atoms with Gasteiger partial charge < -0.3 is 5.32 Å². The first kappa shape index (κ1) is 16.3. The van der Waals surface area contributed by atoms with E-state index in [4.69, 9.17) is 0 Å². The molecule has 5 heteroatoms. The molecule has 0 radical (unpaired) electrons. The van der Waals surface area contributed by atoms with Crippen LogP contribution in [0.5, 0.6) is 0 Å². The van der Waals surface area contributed by atoms with Crippen molar-refractivity contribution in [3.63, 3.8) is 0 Å². The van der Waals surface area contributed by atoms with Gasteiger partial charge in [-0.2, -0.15) is 0 Å². The summed E-state index contributed by atoms with van der Waals surface area (Å²) in [5, 5.41) is 3.18. The SMILES string of the molecule is CC(C)(C)NC(=O)[C@]12CC[C@](C(Br)Br)([C@H]1Br)C2(C)C. The maximum absolute atomic E-state index is 12.8. The fourth-order valence-electron chi connectivity index (χ4n) is 4.15. The van der Waals surface area contributed by atoms with Gasteiger partial charge in [-0.1, -0.05) is 61.6 Å². The Balaban J connectivity index is 2.36. The average Bonchev–Trinajstić information content (AvgIpc) is 2.64. The molecule has 0 saturated heterocycles. The highest BCUT2D eigenvalue weighted by atomic mass is 79.9. The molecule has 0 aromatic heterocycles. The van der Waals surface area contributed by atoms with Crippen molar-refractivity contribution in [2.24, 2.45) is 16.2 Å². The number of halogens is 3. The summed E-state index contributed by atoms with van der Waals surface area (Å²) in [5.74, 6) is 0.195. The Morgan fingerprint density at radius 3 is 2.11 bits per heavy atom. The Hall–Kier alpha value is 0.910. The summed E-state index contributed by atoms with van der Waals surface area (Å²) in [6.45, 7) is 10.6. The summed E-state index contributed by atoms with van der Waals surface area (Å²) in [4.78, 5) is 13.1. The molecule has 3 fully saturated rings. The second-order valence-corrected chi connectivity index (χ2v) is 11.5. The Labute approximate surface area is 141 Å². The van der Waals surface area contributed by atoms with Gasteiger partial charge in [-0.15, -0.1) is 0 Å². The second kappa shape index (κ2) is 4.45. The molecule has 1 amide bonds. The highest BCUT2D eigenvalue weighted by Gasteiger charge is 2.83. The maximum Gasteiger partial charge on any atom is 0.228 e. The number of hydrogen-bond acceptors (Lipinski definition) is 1. The zero-order valence-electron chi connectivity index (χ0n) is 12.1. The number of fused-ring (bicyclic) bond motifs is 1. The van der Waals surface area contributed by atoms with Gasteiger partial charge in [0.2, 0.25) is 5.91 Å². The molecule has 0 aromatic rings. The highest BCUT2D eigenvalue weighted by Crippen LogP contribution is 2.82. The molecular weight excluding hydrogens is 438 g/mol. The van der Waals surface area contributed by atoms with Crippen LogP contribution >= 0.6 is 47.8 Å². The maximum atomic E-state index is 12.8. The molecule has 0 unspecified atom stereocenters. The van der Waals surface area contributed by atoms with Gasteiger partial charge in [0, 0.05) is 15.8 Å². The number of carbonyl (C=O) groups is 1. The van der Waals surface area contributed by atoms with Gasteiger partial charge in [-0.3, -0.25) is 4.79 Å². The van der Waals surface area contributed by atoms with E-state index in [-0.39, 0.29) is 36.3 Å². The molecule has 110 valence electrons. The van der Waals surface area contributed by atoms with E-state index in [2.05, 4.69) is 67.0 Å². The van der Waals surface area contributed by atoms with Crippen LogP contribution in [0.2, 0.25) is 0 Å². The molecule has 0 heterocycles. The van der Waals surface area contributed by atoms with Crippen LogP contribution < -0.4 is 5.32 Å². The van der Waals surface area contributed by atoms with Gasteiger partial charge in [0.1, 0.15) is 0 Å². The lowest BCUT2D eigenvalue weighted by Crippen LogP contribution is -2.72. The largest absolute Gasteiger partial charge is 0.351 e. The van der Waals surface area contributed by atoms with Crippen LogP contribution in [-0.4, -0.2) is 20.0 Å². The Morgan fingerprint density at radius 1 is 1.26 bits per heavy atom. The van der Waals surface area contributed by atoms with Crippen molar-refractivity contribution >= 4 is 53.7 Å². The first-order chi connectivity index (χ1) is 8.43. The highest BCUT2D eigenvalue weighted by molar-refractivity contribution is 9.24. The smallest absolute Gasteiger partial charge is 0.228 e. The molecule has 3 aliphatic carbocycles. The van der Waals surface area contributed by atoms with E-state index in [1.807, 2.05) is 20.8 Å². The quantitative estimate of drug-likeness (QED) is 0.601. The molecule has 3 aliphatic rings. The lowest BCUT2D eigenvalue weighted by molar-refractivity contribution is -0.163. The standard InChI is InChI=1S/C14H22Br3NO/c1-11(2,3)18-10(19)14-7-6-13(8(14)15,9(16)17)12(14,4)5/h8-9H,6-7H2,1-5H3,(H,18,19)/t8-,13-,14+/m1/s1. The third-order valence-electron chi connectivity index (χ3n) is 5.38. The van der Waals surface area contributed by atoms with Crippen LogP contribution in [0.25, 0.3) is 0 Å². The molecule has 19 heavy (non-hydrogen) atoms. The molecule has 1 N–H and O–H groups in total. The number of rotatable bonds is 2. The summed E-state index contributed by atoms with van der Waals surface area (Å²) < 4.78 is 0.227. The Kier molecular flexibility index (Phi) is 3.82. The average molecular weight is 460 g/mol. The van der Waals surface area contributed by atoms with Crippen molar-refractivity contribution in [3.05, 3.63) is 0 Å². The van der Waals surface area contributed by atoms with E-state index in [9.17, 15) is 4.79 Å². The molecule has 0 spiro atoms. The molecule has 2 nitrogen and oxygen atoms in total. The molecule has 3 atom stereocenters. The van der Waals surface area contributed by atoms with Gasteiger partial charge in [0.05, 0.1) is 9.15 Å². The molecule has 0 aliphatic heterocycles. The van der Waals surface area contributed by atoms with Crippen LogP contribution in [0.3, 0.4) is 0 Å². The molecular formula is C14H22Br3NO. The van der Waals surface area contributed by atoms with Crippen molar-refractivity contribution < 1.29 is 4.79 Å². The Morgan fingerprint density at radius 2 is 1.79 bits per heavy atom. The minimum absolute atomic E-state index is 0.0266. The van der Waals surface area contributed by atoms with Crippen molar-refractivity contribution in [2.75, 3.05) is 0 Å². The fourth-order valence-corrected chi connectivity index (χ4v) is 9.07. The van der Waals surface area contributed by atoms with Gasteiger partial charge in [0.15, 0.2) is 0 Å². The summed E-state index contributed by atoms with van der Waals surface area (Å²) in [6.07, 6.45) is 2.01. The molecule has 0 aromatic carbocycles. The van der Waals surface area contributed by atoms with Gasteiger partial charge >= 0.3 is 0 Å². The normalized spacial score (nSPS) is 40.2. The van der Waals surface area contributed by atoms with Gasteiger partial charge in [0.25, 0.3) is 0 Å². The summed E-state index contributed by atoms with van der Waals surface area (Å²) >= 11 is 11.2. The molecule has 3 saturated carbocycles. The summed E-state index contributed by atoms with van der Waals surface area (Å²) in [5.41, 5.74) is -0.402. The second-order valence-electron chi connectivity index (χ2n) is 7.50. The van der Waals surface area contributed by atoms with Crippen LogP contribution in [0.4, 0.5) is 0 Å². The van der Waals surface area contributed by atoms with E-state index in [0.717, 1.165) is 12.8 Å². The van der Waals surface area contributed by atoms with Gasteiger partial charge in [-0.25, -0.2) is 0 Å².